The molecule has 0 saturated heterocycles. The first-order valence-corrected chi connectivity index (χ1v) is 6.25. The number of rotatable bonds is 1. The monoisotopic (exact) mass is 261 g/mol. The SMILES string of the molecule is N#Cc1ccc(/C=C2\Cc3cc(O)ccc3C2=O)cc1. The second-order valence-electron chi connectivity index (χ2n) is 4.75. The molecule has 0 bridgehead atoms. The van der Waals surface area contributed by atoms with Crippen LogP contribution in [0.1, 0.15) is 27.0 Å². The molecule has 0 heterocycles. The summed E-state index contributed by atoms with van der Waals surface area (Å²) in [4.78, 5) is 12.2. The van der Waals surface area contributed by atoms with E-state index in [2.05, 4.69) is 6.07 Å². The van der Waals surface area contributed by atoms with Gasteiger partial charge in [-0.3, -0.25) is 4.79 Å². The lowest BCUT2D eigenvalue weighted by molar-refractivity contribution is 0.104. The van der Waals surface area contributed by atoms with Gasteiger partial charge in [0.25, 0.3) is 0 Å². The first kappa shape index (κ1) is 12.2. The number of carbonyl (C=O) groups is 1. The van der Waals surface area contributed by atoms with Gasteiger partial charge in [-0.15, -0.1) is 0 Å². The minimum Gasteiger partial charge on any atom is -0.508 e. The number of hydrogen-bond donors (Lipinski definition) is 1. The Kier molecular flexibility index (Phi) is 2.85. The number of allylic oxidation sites excluding steroid dienone is 1. The van der Waals surface area contributed by atoms with Crippen LogP contribution >= 0.6 is 0 Å². The molecule has 0 spiro atoms. The summed E-state index contributed by atoms with van der Waals surface area (Å²) in [5.74, 6) is 0.181. The molecule has 0 unspecified atom stereocenters. The van der Waals surface area contributed by atoms with Gasteiger partial charge in [0.2, 0.25) is 0 Å². The van der Waals surface area contributed by atoms with Gasteiger partial charge in [0, 0.05) is 17.6 Å². The molecule has 1 N–H and O–H groups in total. The Morgan fingerprint density at radius 1 is 1.15 bits per heavy atom. The minimum atomic E-state index is 0.00404. The third kappa shape index (κ3) is 2.08. The predicted octanol–water partition coefficient (Wildman–Crippen LogP) is 3.09. The van der Waals surface area contributed by atoms with Crippen molar-refractivity contribution in [2.24, 2.45) is 0 Å². The van der Waals surface area contributed by atoms with Crippen molar-refractivity contribution in [2.45, 2.75) is 6.42 Å². The van der Waals surface area contributed by atoms with Gasteiger partial charge in [-0.25, -0.2) is 0 Å². The second kappa shape index (κ2) is 4.67. The molecule has 0 fully saturated rings. The summed E-state index contributed by atoms with van der Waals surface area (Å²) in [6.45, 7) is 0. The van der Waals surface area contributed by atoms with Crippen LogP contribution in [0.15, 0.2) is 48.0 Å². The summed E-state index contributed by atoms with van der Waals surface area (Å²) in [7, 11) is 0. The fraction of sp³-hybridized carbons (Fsp3) is 0.0588. The van der Waals surface area contributed by atoms with E-state index in [1.54, 1.807) is 24.3 Å². The highest BCUT2D eigenvalue weighted by atomic mass is 16.3. The highest BCUT2D eigenvalue weighted by molar-refractivity contribution is 6.15. The summed E-state index contributed by atoms with van der Waals surface area (Å²) >= 11 is 0. The molecule has 1 aliphatic carbocycles. The summed E-state index contributed by atoms with van der Waals surface area (Å²) in [6.07, 6.45) is 2.36. The topological polar surface area (TPSA) is 61.1 Å². The molecule has 3 nitrogen and oxygen atoms in total. The highest BCUT2D eigenvalue weighted by Crippen LogP contribution is 2.30. The molecule has 20 heavy (non-hydrogen) atoms. The smallest absolute Gasteiger partial charge is 0.189 e. The highest BCUT2D eigenvalue weighted by Gasteiger charge is 2.24. The molecule has 0 atom stereocenters. The summed E-state index contributed by atoms with van der Waals surface area (Å²) in [5, 5.41) is 18.2. The number of ketones is 1. The van der Waals surface area contributed by atoms with E-state index in [9.17, 15) is 9.90 Å². The van der Waals surface area contributed by atoms with Crippen molar-refractivity contribution in [2.75, 3.05) is 0 Å². The van der Waals surface area contributed by atoms with E-state index >= 15 is 0 Å². The summed E-state index contributed by atoms with van der Waals surface area (Å²) in [6, 6.07) is 14.0. The van der Waals surface area contributed by atoms with Gasteiger partial charge in [0.1, 0.15) is 5.75 Å². The maximum absolute atomic E-state index is 12.2. The third-order valence-corrected chi connectivity index (χ3v) is 3.39. The maximum atomic E-state index is 12.2. The van der Waals surface area contributed by atoms with E-state index in [4.69, 9.17) is 5.26 Å². The van der Waals surface area contributed by atoms with Crippen molar-refractivity contribution in [1.82, 2.24) is 0 Å². The zero-order valence-electron chi connectivity index (χ0n) is 10.6. The van der Waals surface area contributed by atoms with Gasteiger partial charge >= 0.3 is 0 Å². The first-order valence-electron chi connectivity index (χ1n) is 6.25. The van der Waals surface area contributed by atoms with Crippen molar-refractivity contribution in [3.63, 3.8) is 0 Å². The lowest BCUT2D eigenvalue weighted by atomic mass is 10.1. The quantitative estimate of drug-likeness (QED) is 0.802. The van der Waals surface area contributed by atoms with E-state index in [0.29, 0.717) is 23.1 Å². The Balaban J connectivity index is 1.95. The number of hydrogen-bond acceptors (Lipinski definition) is 3. The van der Waals surface area contributed by atoms with Crippen LogP contribution in [0, 0.1) is 11.3 Å². The lowest BCUT2D eigenvalue weighted by Crippen LogP contribution is -1.94. The minimum absolute atomic E-state index is 0.00404. The van der Waals surface area contributed by atoms with Crippen LogP contribution in [0.25, 0.3) is 6.08 Å². The number of aromatic hydroxyl groups is 1. The second-order valence-corrected chi connectivity index (χ2v) is 4.75. The van der Waals surface area contributed by atoms with Crippen LogP contribution in [-0.2, 0) is 6.42 Å². The van der Waals surface area contributed by atoms with Gasteiger partial charge in [0.15, 0.2) is 5.78 Å². The molecule has 0 aromatic heterocycles. The van der Waals surface area contributed by atoms with Crippen LogP contribution in [0.5, 0.6) is 5.75 Å². The van der Waals surface area contributed by atoms with E-state index < -0.39 is 0 Å². The van der Waals surface area contributed by atoms with Crippen molar-refractivity contribution in [1.29, 1.82) is 5.26 Å². The van der Waals surface area contributed by atoms with Crippen molar-refractivity contribution in [3.05, 3.63) is 70.3 Å². The number of phenolic OH excluding ortho intramolecular Hbond substituents is 1. The van der Waals surface area contributed by atoms with Crippen LogP contribution in [0.3, 0.4) is 0 Å². The first-order chi connectivity index (χ1) is 9.67. The Morgan fingerprint density at radius 3 is 2.60 bits per heavy atom. The normalized spacial score (nSPS) is 15.2. The maximum Gasteiger partial charge on any atom is 0.189 e. The molecule has 3 heteroatoms. The van der Waals surface area contributed by atoms with Crippen molar-refractivity contribution < 1.29 is 9.90 Å². The molecule has 3 rings (SSSR count). The Morgan fingerprint density at radius 2 is 1.90 bits per heavy atom. The number of benzene rings is 2. The summed E-state index contributed by atoms with van der Waals surface area (Å²) < 4.78 is 0. The number of Topliss-reactive ketones (excluding diaryl/α,β-unsaturated/α-hetero) is 1. The average molecular weight is 261 g/mol. The lowest BCUT2D eigenvalue weighted by Gasteiger charge is -1.97. The number of carbonyl (C=O) groups excluding carboxylic acids is 1. The largest absolute Gasteiger partial charge is 0.508 e. The van der Waals surface area contributed by atoms with Crippen molar-refractivity contribution >= 4 is 11.9 Å². The Bertz CT molecular complexity index is 765. The van der Waals surface area contributed by atoms with Gasteiger partial charge in [-0.05, 0) is 47.5 Å². The fourth-order valence-corrected chi connectivity index (χ4v) is 2.38. The van der Waals surface area contributed by atoms with E-state index in [1.165, 1.54) is 6.07 Å². The number of phenols is 1. The van der Waals surface area contributed by atoms with Crippen LogP contribution in [0.2, 0.25) is 0 Å². The number of nitriles is 1. The fourth-order valence-electron chi connectivity index (χ4n) is 2.38. The van der Waals surface area contributed by atoms with Gasteiger partial charge in [-0.1, -0.05) is 12.1 Å². The molecule has 2 aromatic carbocycles. The van der Waals surface area contributed by atoms with Gasteiger partial charge in [-0.2, -0.15) is 5.26 Å². The van der Waals surface area contributed by atoms with E-state index in [1.807, 2.05) is 18.2 Å². The number of fused-ring (bicyclic) bond motifs is 1. The van der Waals surface area contributed by atoms with E-state index in [0.717, 1.165) is 11.1 Å². The predicted molar refractivity (Wildman–Crippen MR) is 75.3 cm³/mol. The van der Waals surface area contributed by atoms with E-state index in [-0.39, 0.29) is 11.5 Å². The molecule has 2 aromatic rings. The molecule has 0 radical (unpaired) electrons. The van der Waals surface area contributed by atoms with Crippen LogP contribution in [-0.4, -0.2) is 10.9 Å². The zero-order valence-corrected chi connectivity index (χ0v) is 10.6. The summed E-state index contributed by atoms with van der Waals surface area (Å²) in [5.41, 5.74) is 3.70. The standard InChI is InChI=1S/C17H11NO2/c18-10-12-3-1-11(2-4-12)7-14-8-13-9-15(19)5-6-16(13)17(14)20/h1-7,9,19H,8H2/b14-7+. The molecular formula is C17H11NO2. The van der Waals surface area contributed by atoms with Crippen LogP contribution in [0.4, 0.5) is 0 Å². The molecule has 96 valence electrons. The molecule has 1 aliphatic rings. The number of nitrogens with zero attached hydrogens (tertiary/aromatic N) is 1. The third-order valence-electron chi connectivity index (χ3n) is 3.39. The Hall–Kier alpha value is -2.86. The zero-order chi connectivity index (χ0) is 14.1. The molecular weight excluding hydrogens is 250 g/mol. The Labute approximate surface area is 116 Å². The average Bonchev–Trinajstić information content (AvgIpc) is 2.75. The van der Waals surface area contributed by atoms with Gasteiger partial charge < -0.3 is 5.11 Å². The van der Waals surface area contributed by atoms with Gasteiger partial charge in [0.05, 0.1) is 11.6 Å². The van der Waals surface area contributed by atoms with Crippen molar-refractivity contribution in [3.8, 4) is 11.8 Å². The van der Waals surface area contributed by atoms with Crippen LogP contribution < -0.4 is 0 Å². The molecule has 0 amide bonds. The molecule has 0 saturated carbocycles. The molecule has 0 aliphatic heterocycles.